The Morgan fingerprint density at radius 1 is 1.14 bits per heavy atom. The SMILES string of the molecule is CCC(C)NS(=O)(=O)c1ccc(OCCNC(C)C)cc1. The van der Waals surface area contributed by atoms with Gasteiger partial charge in [-0.3, -0.25) is 0 Å². The van der Waals surface area contributed by atoms with Crippen molar-refractivity contribution >= 4 is 10.0 Å². The number of hydrogen-bond acceptors (Lipinski definition) is 4. The van der Waals surface area contributed by atoms with Crippen LogP contribution < -0.4 is 14.8 Å². The van der Waals surface area contributed by atoms with Crippen LogP contribution >= 0.6 is 0 Å². The van der Waals surface area contributed by atoms with Gasteiger partial charge in [-0.25, -0.2) is 13.1 Å². The van der Waals surface area contributed by atoms with Gasteiger partial charge in [-0.2, -0.15) is 0 Å². The van der Waals surface area contributed by atoms with Gasteiger partial charge in [0.15, 0.2) is 0 Å². The van der Waals surface area contributed by atoms with Crippen molar-refractivity contribution in [3.63, 3.8) is 0 Å². The molecular weight excluding hydrogens is 288 g/mol. The highest BCUT2D eigenvalue weighted by Crippen LogP contribution is 2.16. The fourth-order valence-corrected chi connectivity index (χ4v) is 2.97. The zero-order valence-electron chi connectivity index (χ0n) is 13.2. The van der Waals surface area contributed by atoms with Gasteiger partial charge < -0.3 is 10.1 Å². The first-order chi connectivity index (χ1) is 9.85. The molecule has 0 bridgehead atoms. The van der Waals surface area contributed by atoms with Gasteiger partial charge in [-0.15, -0.1) is 0 Å². The van der Waals surface area contributed by atoms with E-state index >= 15 is 0 Å². The number of hydrogen-bond donors (Lipinski definition) is 2. The zero-order chi connectivity index (χ0) is 15.9. The molecule has 2 N–H and O–H groups in total. The first-order valence-electron chi connectivity index (χ1n) is 7.33. The fourth-order valence-electron chi connectivity index (χ4n) is 1.65. The normalized spacial score (nSPS) is 13.4. The van der Waals surface area contributed by atoms with E-state index in [-0.39, 0.29) is 10.9 Å². The minimum absolute atomic E-state index is 0.0759. The summed E-state index contributed by atoms with van der Waals surface area (Å²) in [5, 5.41) is 3.25. The molecule has 0 heterocycles. The van der Waals surface area contributed by atoms with Crippen LogP contribution in [-0.2, 0) is 10.0 Å². The molecule has 0 saturated heterocycles. The van der Waals surface area contributed by atoms with Crippen LogP contribution in [0.5, 0.6) is 5.75 Å². The standard InChI is InChI=1S/C15H26N2O3S/c1-5-13(4)17-21(18,19)15-8-6-14(7-9-15)20-11-10-16-12(2)3/h6-9,12-13,16-17H,5,10-11H2,1-4H3. The lowest BCUT2D eigenvalue weighted by atomic mass is 10.3. The van der Waals surface area contributed by atoms with E-state index < -0.39 is 10.0 Å². The van der Waals surface area contributed by atoms with E-state index in [1.807, 2.05) is 13.8 Å². The molecule has 0 aliphatic carbocycles. The Morgan fingerprint density at radius 2 is 1.76 bits per heavy atom. The smallest absolute Gasteiger partial charge is 0.240 e. The second-order valence-corrected chi connectivity index (χ2v) is 7.07. The van der Waals surface area contributed by atoms with Crippen molar-refractivity contribution in [3.05, 3.63) is 24.3 Å². The molecule has 0 radical (unpaired) electrons. The topological polar surface area (TPSA) is 67.4 Å². The lowest BCUT2D eigenvalue weighted by Crippen LogP contribution is -2.31. The molecule has 6 heteroatoms. The Kier molecular flexibility index (Phi) is 7.14. The molecule has 21 heavy (non-hydrogen) atoms. The Bertz CT molecular complexity index is 512. The summed E-state index contributed by atoms with van der Waals surface area (Å²) in [5.74, 6) is 0.669. The molecule has 120 valence electrons. The lowest BCUT2D eigenvalue weighted by Gasteiger charge is -2.13. The maximum absolute atomic E-state index is 12.1. The summed E-state index contributed by atoms with van der Waals surface area (Å²) in [6.45, 7) is 9.24. The number of benzene rings is 1. The van der Waals surface area contributed by atoms with Gasteiger partial charge in [-0.05, 0) is 37.6 Å². The van der Waals surface area contributed by atoms with Gasteiger partial charge in [0.2, 0.25) is 10.0 Å². The van der Waals surface area contributed by atoms with Crippen molar-refractivity contribution in [2.45, 2.75) is 51.1 Å². The largest absolute Gasteiger partial charge is 0.492 e. The van der Waals surface area contributed by atoms with Crippen molar-refractivity contribution in [3.8, 4) is 5.75 Å². The van der Waals surface area contributed by atoms with Gasteiger partial charge in [0.1, 0.15) is 12.4 Å². The molecule has 5 nitrogen and oxygen atoms in total. The average molecular weight is 314 g/mol. The second kappa shape index (κ2) is 8.36. The number of rotatable bonds is 9. The molecule has 1 atom stereocenters. The average Bonchev–Trinajstić information content (AvgIpc) is 2.43. The fraction of sp³-hybridized carbons (Fsp3) is 0.600. The first-order valence-corrected chi connectivity index (χ1v) is 8.82. The van der Waals surface area contributed by atoms with Crippen LogP contribution in [-0.4, -0.2) is 33.7 Å². The highest BCUT2D eigenvalue weighted by molar-refractivity contribution is 7.89. The number of nitrogens with one attached hydrogen (secondary N) is 2. The molecule has 1 rings (SSSR count). The predicted molar refractivity (Wildman–Crippen MR) is 85.2 cm³/mol. The summed E-state index contributed by atoms with van der Waals surface area (Å²) < 4.78 is 32.3. The minimum atomic E-state index is -3.44. The molecule has 0 aromatic heterocycles. The van der Waals surface area contributed by atoms with E-state index in [4.69, 9.17) is 4.74 Å². The van der Waals surface area contributed by atoms with Gasteiger partial charge in [0.05, 0.1) is 4.90 Å². The molecule has 0 spiro atoms. The van der Waals surface area contributed by atoms with Crippen molar-refractivity contribution in [2.24, 2.45) is 0 Å². The molecule has 0 saturated carbocycles. The predicted octanol–water partition coefficient (Wildman–Crippen LogP) is 2.14. The molecule has 0 amide bonds. The van der Waals surface area contributed by atoms with Crippen LogP contribution in [0.25, 0.3) is 0 Å². The third-order valence-corrected chi connectivity index (χ3v) is 4.63. The molecule has 0 fully saturated rings. The first kappa shape index (κ1) is 17.9. The van der Waals surface area contributed by atoms with Crippen LogP contribution in [0.2, 0.25) is 0 Å². The van der Waals surface area contributed by atoms with Crippen LogP contribution in [0.1, 0.15) is 34.1 Å². The lowest BCUT2D eigenvalue weighted by molar-refractivity contribution is 0.308. The number of sulfonamides is 1. The maximum Gasteiger partial charge on any atom is 0.240 e. The van der Waals surface area contributed by atoms with Crippen LogP contribution in [0.15, 0.2) is 29.2 Å². The summed E-state index contributed by atoms with van der Waals surface area (Å²) in [6.07, 6.45) is 0.753. The van der Waals surface area contributed by atoms with E-state index in [1.54, 1.807) is 24.3 Å². The molecule has 1 unspecified atom stereocenters. The van der Waals surface area contributed by atoms with E-state index in [0.29, 0.717) is 18.4 Å². The molecule has 1 aromatic rings. The van der Waals surface area contributed by atoms with Gasteiger partial charge in [-0.1, -0.05) is 20.8 Å². The van der Waals surface area contributed by atoms with Crippen LogP contribution in [0, 0.1) is 0 Å². The van der Waals surface area contributed by atoms with Gasteiger partial charge >= 0.3 is 0 Å². The van der Waals surface area contributed by atoms with E-state index in [1.165, 1.54) is 0 Å². The monoisotopic (exact) mass is 314 g/mol. The Morgan fingerprint density at radius 3 is 2.29 bits per heavy atom. The molecule has 0 aliphatic rings. The van der Waals surface area contributed by atoms with Crippen molar-refractivity contribution in [1.29, 1.82) is 0 Å². The third-order valence-electron chi connectivity index (χ3n) is 3.03. The Labute approximate surface area is 128 Å². The molecule has 0 aliphatic heterocycles. The Hall–Kier alpha value is -1.11. The van der Waals surface area contributed by atoms with Crippen LogP contribution in [0.4, 0.5) is 0 Å². The second-order valence-electron chi connectivity index (χ2n) is 5.36. The molecule has 1 aromatic carbocycles. The summed E-state index contributed by atoms with van der Waals surface area (Å²) in [6, 6.07) is 6.84. The van der Waals surface area contributed by atoms with Crippen molar-refractivity contribution in [1.82, 2.24) is 10.0 Å². The summed E-state index contributed by atoms with van der Waals surface area (Å²) in [4.78, 5) is 0.260. The van der Waals surface area contributed by atoms with Gasteiger partial charge in [0.25, 0.3) is 0 Å². The van der Waals surface area contributed by atoms with E-state index in [0.717, 1.165) is 13.0 Å². The molecular formula is C15H26N2O3S. The highest BCUT2D eigenvalue weighted by atomic mass is 32.2. The summed E-state index contributed by atoms with van der Waals surface area (Å²) in [5.41, 5.74) is 0. The highest BCUT2D eigenvalue weighted by Gasteiger charge is 2.16. The Balaban J connectivity index is 2.57. The maximum atomic E-state index is 12.1. The minimum Gasteiger partial charge on any atom is -0.492 e. The van der Waals surface area contributed by atoms with Gasteiger partial charge in [0, 0.05) is 18.6 Å². The van der Waals surface area contributed by atoms with Crippen molar-refractivity contribution < 1.29 is 13.2 Å². The summed E-state index contributed by atoms with van der Waals surface area (Å²) in [7, 11) is -3.44. The van der Waals surface area contributed by atoms with Crippen molar-refractivity contribution in [2.75, 3.05) is 13.2 Å². The number of ether oxygens (including phenoxy) is 1. The van der Waals surface area contributed by atoms with E-state index in [9.17, 15) is 8.42 Å². The quantitative estimate of drug-likeness (QED) is 0.685. The van der Waals surface area contributed by atoms with Crippen LogP contribution in [0.3, 0.4) is 0 Å². The third kappa shape index (κ3) is 6.46. The summed E-state index contributed by atoms with van der Waals surface area (Å²) >= 11 is 0. The van der Waals surface area contributed by atoms with E-state index in [2.05, 4.69) is 23.9 Å². The zero-order valence-corrected chi connectivity index (χ0v) is 14.0.